The quantitative estimate of drug-likeness (QED) is 0.690. The summed E-state index contributed by atoms with van der Waals surface area (Å²) in [6.07, 6.45) is 0. The summed E-state index contributed by atoms with van der Waals surface area (Å²) in [7, 11) is 0. The van der Waals surface area contributed by atoms with E-state index in [0.717, 1.165) is 16.6 Å². The molecule has 2 rings (SSSR count). The van der Waals surface area contributed by atoms with E-state index in [1.54, 1.807) is 12.1 Å². The third kappa shape index (κ3) is 2.22. The second kappa shape index (κ2) is 4.61. The highest BCUT2D eigenvalue weighted by atomic mass is 16.3. The molecule has 0 aliphatic rings. The van der Waals surface area contributed by atoms with Gasteiger partial charge in [-0.25, -0.2) is 0 Å². The summed E-state index contributed by atoms with van der Waals surface area (Å²) in [5, 5.41) is 10.1. The second-order valence-electron chi connectivity index (χ2n) is 2.83. The molecule has 0 amide bonds. The van der Waals surface area contributed by atoms with E-state index in [1.807, 2.05) is 39.0 Å². The fraction of sp³-hybridized carbons (Fsp3) is 0.250. The van der Waals surface area contributed by atoms with Gasteiger partial charge in [-0.15, -0.1) is 0 Å². The minimum atomic E-state index is 0.285. The molecule has 2 nitrogen and oxygen atoms in total. The van der Waals surface area contributed by atoms with E-state index in [9.17, 15) is 5.11 Å². The highest BCUT2D eigenvalue weighted by Crippen LogP contribution is 2.17. The molecule has 0 spiro atoms. The Labute approximate surface area is 84.2 Å². The maximum atomic E-state index is 9.17. The van der Waals surface area contributed by atoms with Crippen LogP contribution in [0.25, 0.3) is 10.9 Å². The normalized spacial score (nSPS) is 9.36. The van der Waals surface area contributed by atoms with E-state index >= 15 is 0 Å². The molecule has 0 radical (unpaired) electrons. The largest absolute Gasteiger partial charge is 0.508 e. The zero-order valence-electron chi connectivity index (χ0n) is 8.78. The smallest absolute Gasteiger partial charge is 0.116 e. The zero-order chi connectivity index (χ0) is 10.6. The number of hydrogen-bond acceptors (Lipinski definition) is 2. The molecule has 0 saturated heterocycles. The Kier molecular flexibility index (Phi) is 3.46. The van der Waals surface area contributed by atoms with E-state index < -0.39 is 0 Å². The lowest BCUT2D eigenvalue weighted by Gasteiger charge is -1.98. The van der Waals surface area contributed by atoms with Crippen LogP contribution in [0.4, 0.5) is 0 Å². The average molecular weight is 189 g/mol. The van der Waals surface area contributed by atoms with Crippen molar-refractivity contribution in [1.29, 1.82) is 0 Å². The fourth-order valence-corrected chi connectivity index (χ4v) is 1.21. The zero-order valence-corrected chi connectivity index (χ0v) is 8.78. The molecule has 2 aromatic rings. The number of hydrogen-bond donors (Lipinski definition) is 1. The van der Waals surface area contributed by atoms with Crippen LogP contribution in [0.3, 0.4) is 0 Å². The van der Waals surface area contributed by atoms with Crippen molar-refractivity contribution in [3.63, 3.8) is 0 Å². The first-order valence-electron chi connectivity index (χ1n) is 4.82. The van der Waals surface area contributed by atoms with Gasteiger partial charge in [0, 0.05) is 11.1 Å². The first kappa shape index (κ1) is 10.5. The van der Waals surface area contributed by atoms with Gasteiger partial charge in [0.1, 0.15) is 5.75 Å². The van der Waals surface area contributed by atoms with E-state index in [1.165, 1.54) is 0 Å². The highest BCUT2D eigenvalue weighted by Gasteiger charge is 1.95. The first-order chi connectivity index (χ1) is 6.75. The summed E-state index contributed by atoms with van der Waals surface area (Å²) in [5.74, 6) is 0.285. The van der Waals surface area contributed by atoms with Gasteiger partial charge < -0.3 is 5.11 Å². The van der Waals surface area contributed by atoms with Crippen molar-refractivity contribution in [2.24, 2.45) is 0 Å². The number of fused-ring (bicyclic) bond motifs is 1. The van der Waals surface area contributed by atoms with Gasteiger partial charge in [-0.1, -0.05) is 19.9 Å². The number of aromatic hydroxyl groups is 1. The van der Waals surface area contributed by atoms with Crippen LogP contribution in [0.1, 0.15) is 19.5 Å². The van der Waals surface area contributed by atoms with E-state index in [4.69, 9.17) is 0 Å². The molecule has 1 heterocycles. The summed E-state index contributed by atoms with van der Waals surface area (Å²) in [5.41, 5.74) is 1.92. The van der Waals surface area contributed by atoms with Crippen molar-refractivity contribution in [3.8, 4) is 5.75 Å². The molecule has 1 aromatic carbocycles. The lowest BCUT2D eigenvalue weighted by Crippen LogP contribution is -1.81. The van der Waals surface area contributed by atoms with Gasteiger partial charge in [0.15, 0.2) is 0 Å². The predicted molar refractivity (Wildman–Crippen MR) is 59.5 cm³/mol. The molecule has 74 valence electrons. The number of rotatable bonds is 0. The Morgan fingerprint density at radius 1 is 1.07 bits per heavy atom. The number of phenols is 1. The van der Waals surface area contributed by atoms with Crippen molar-refractivity contribution in [2.45, 2.75) is 20.8 Å². The Bertz CT molecular complexity index is 382. The van der Waals surface area contributed by atoms with Crippen LogP contribution in [0, 0.1) is 6.92 Å². The molecule has 0 unspecified atom stereocenters. The second-order valence-corrected chi connectivity index (χ2v) is 2.83. The van der Waals surface area contributed by atoms with Crippen LogP contribution in [0.15, 0.2) is 30.3 Å². The third-order valence-electron chi connectivity index (χ3n) is 1.81. The minimum Gasteiger partial charge on any atom is -0.508 e. The summed E-state index contributed by atoms with van der Waals surface area (Å²) >= 11 is 0. The standard InChI is InChI=1S/C10H9NO.C2H6/c1-7-2-3-8-6-9(12)4-5-10(8)11-7;1-2/h2-6,12H,1H3;1-2H3. The van der Waals surface area contributed by atoms with Crippen molar-refractivity contribution >= 4 is 10.9 Å². The molecule has 0 bridgehead atoms. The average Bonchev–Trinajstić information content (AvgIpc) is 2.21. The predicted octanol–water partition coefficient (Wildman–Crippen LogP) is 3.28. The van der Waals surface area contributed by atoms with E-state index in [2.05, 4.69) is 4.98 Å². The Morgan fingerprint density at radius 3 is 2.50 bits per heavy atom. The molecule has 0 aliphatic heterocycles. The Balaban J connectivity index is 0.000000461. The van der Waals surface area contributed by atoms with Gasteiger partial charge in [0.2, 0.25) is 0 Å². The van der Waals surface area contributed by atoms with Crippen molar-refractivity contribution < 1.29 is 5.11 Å². The van der Waals surface area contributed by atoms with Crippen molar-refractivity contribution in [2.75, 3.05) is 0 Å². The minimum absolute atomic E-state index is 0.285. The molecule has 0 saturated carbocycles. The van der Waals surface area contributed by atoms with Crippen LogP contribution in [0.2, 0.25) is 0 Å². The summed E-state index contributed by atoms with van der Waals surface area (Å²) in [6, 6.07) is 9.06. The molecule has 1 N–H and O–H groups in total. The molecule has 14 heavy (non-hydrogen) atoms. The van der Waals surface area contributed by atoms with Gasteiger partial charge >= 0.3 is 0 Å². The number of aromatic nitrogens is 1. The molecular formula is C12H15NO. The van der Waals surface area contributed by atoms with Gasteiger partial charge in [0.25, 0.3) is 0 Å². The SMILES string of the molecule is CC.Cc1ccc2cc(O)ccc2n1. The molecular weight excluding hydrogens is 174 g/mol. The topological polar surface area (TPSA) is 33.1 Å². The van der Waals surface area contributed by atoms with Gasteiger partial charge in [-0.2, -0.15) is 0 Å². The van der Waals surface area contributed by atoms with Gasteiger partial charge in [-0.05, 0) is 31.2 Å². The monoisotopic (exact) mass is 189 g/mol. The third-order valence-corrected chi connectivity index (χ3v) is 1.81. The maximum Gasteiger partial charge on any atom is 0.116 e. The number of benzene rings is 1. The van der Waals surface area contributed by atoms with Gasteiger partial charge in [0.05, 0.1) is 5.52 Å². The number of phenolic OH excluding ortho intramolecular Hbond substituents is 1. The van der Waals surface area contributed by atoms with Crippen LogP contribution in [0.5, 0.6) is 5.75 Å². The highest BCUT2D eigenvalue weighted by molar-refractivity contribution is 5.80. The van der Waals surface area contributed by atoms with Crippen molar-refractivity contribution in [3.05, 3.63) is 36.0 Å². The van der Waals surface area contributed by atoms with Crippen LogP contribution in [-0.2, 0) is 0 Å². The summed E-state index contributed by atoms with van der Waals surface area (Å²) in [6.45, 7) is 5.95. The molecule has 1 aromatic heterocycles. The van der Waals surface area contributed by atoms with Crippen molar-refractivity contribution in [1.82, 2.24) is 4.98 Å². The van der Waals surface area contributed by atoms with Crippen LogP contribution in [-0.4, -0.2) is 10.1 Å². The number of pyridine rings is 1. The lowest BCUT2D eigenvalue weighted by atomic mass is 10.2. The Morgan fingerprint density at radius 2 is 1.79 bits per heavy atom. The van der Waals surface area contributed by atoms with Crippen LogP contribution < -0.4 is 0 Å². The molecule has 0 aliphatic carbocycles. The summed E-state index contributed by atoms with van der Waals surface area (Å²) in [4.78, 5) is 4.31. The fourth-order valence-electron chi connectivity index (χ4n) is 1.21. The van der Waals surface area contributed by atoms with Crippen LogP contribution >= 0.6 is 0 Å². The maximum absolute atomic E-state index is 9.17. The molecule has 0 fully saturated rings. The molecule has 0 atom stereocenters. The number of aryl methyl sites for hydroxylation is 1. The summed E-state index contributed by atoms with van der Waals surface area (Å²) < 4.78 is 0. The van der Waals surface area contributed by atoms with E-state index in [-0.39, 0.29) is 5.75 Å². The Hall–Kier alpha value is -1.57. The lowest BCUT2D eigenvalue weighted by molar-refractivity contribution is 0.476. The first-order valence-corrected chi connectivity index (χ1v) is 4.82. The number of nitrogens with zero attached hydrogens (tertiary/aromatic N) is 1. The van der Waals surface area contributed by atoms with E-state index in [0.29, 0.717) is 0 Å². The molecule has 2 heteroatoms. The van der Waals surface area contributed by atoms with Gasteiger partial charge in [-0.3, -0.25) is 4.98 Å².